The molecule has 0 atom stereocenters. The summed E-state index contributed by atoms with van der Waals surface area (Å²) in [4.78, 5) is 22.2. The van der Waals surface area contributed by atoms with Gasteiger partial charge in [0, 0.05) is 0 Å². The van der Waals surface area contributed by atoms with E-state index in [1.807, 2.05) is 6.07 Å². The number of anilines is 1. The second-order valence-corrected chi connectivity index (χ2v) is 4.02. The third-order valence-electron chi connectivity index (χ3n) is 2.41. The fourth-order valence-electron chi connectivity index (χ4n) is 1.53. The second-order valence-electron chi connectivity index (χ2n) is 3.62. The Kier molecular flexibility index (Phi) is 3.63. The van der Waals surface area contributed by atoms with Gasteiger partial charge < -0.3 is 5.32 Å². The van der Waals surface area contributed by atoms with Crippen molar-refractivity contribution in [3.8, 4) is 6.07 Å². The van der Waals surface area contributed by atoms with Crippen LogP contribution in [0.5, 0.6) is 0 Å². The Morgan fingerprint density at radius 1 is 1.55 bits per heavy atom. The summed E-state index contributed by atoms with van der Waals surface area (Å²) in [5.41, 5.74) is -0.589. The number of nitrogens with one attached hydrogen (secondary N) is 2. The lowest BCUT2D eigenvalue weighted by Crippen LogP contribution is -2.15. The predicted molar refractivity (Wildman–Crippen MR) is 69.4 cm³/mol. The van der Waals surface area contributed by atoms with Crippen LogP contribution in [0.2, 0.25) is 5.02 Å². The van der Waals surface area contributed by atoms with Crippen molar-refractivity contribution in [1.29, 1.82) is 5.26 Å². The first-order valence-corrected chi connectivity index (χ1v) is 5.60. The Hall–Kier alpha value is -2.92. The zero-order valence-corrected chi connectivity index (χ0v) is 10.5. The molecular formula is C11H6ClN5O3. The number of nitrogens with zero attached hydrogens (tertiary/aromatic N) is 3. The molecule has 0 spiro atoms. The quantitative estimate of drug-likeness (QED) is 0.661. The summed E-state index contributed by atoms with van der Waals surface area (Å²) in [5.74, 6) is -0.702. The molecule has 1 aromatic heterocycles. The molecule has 0 bridgehead atoms. The van der Waals surface area contributed by atoms with Crippen LogP contribution in [0.1, 0.15) is 15.9 Å². The highest BCUT2D eigenvalue weighted by molar-refractivity contribution is 6.33. The summed E-state index contributed by atoms with van der Waals surface area (Å²) in [6.07, 6.45) is 1.22. The molecule has 0 saturated heterocycles. The number of nitro groups is 1. The van der Waals surface area contributed by atoms with Crippen molar-refractivity contribution in [2.24, 2.45) is 0 Å². The molecule has 100 valence electrons. The SMILES string of the molecule is N#Cc1cn[nH]c1NC(=O)c1cccc(Cl)c1[N+](=O)[O-]. The van der Waals surface area contributed by atoms with E-state index in [1.54, 1.807) is 0 Å². The average Bonchev–Trinajstić information content (AvgIpc) is 2.85. The minimum Gasteiger partial charge on any atom is -0.306 e. The van der Waals surface area contributed by atoms with Gasteiger partial charge in [-0.05, 0) is 12.1 Å². The van der Waals surface area contributed by atoms with Gasteiger partial charge in [0.25, 0.3) is 5.91 Å². The van der Waals surface area contributed by atoms with Crippen LogP contribution in [0, 0.1) is 21.4 Å². The summed E-state index contributed by atoms with van der Waals surface area (Å²) < 4.78 is 0. The number of aromatic nitrogens is 2. The fraction of sp³-hybridized carbons (Fsp3) is 0. The Bertz CT molecular complexity index is 734. The molecule has 0 unspecified atom stereocenters. The summed E-state index contributed by atoms with van der Waals surface area (Å²) in [6, 6.07) is 5.81. The molecule has 9 heteroatoms. The first kappa shape index (κ1) is 13.5. The lowest BCUT2D eigenvalue weighted by atomic mass is 10.1. The third-order valence-corrected chi connectivity index (χ3v) is 2.72. The van der Waals surface area contributed by atoms with E-state index in [2.05, 4.69) is 15.5 Å². The first-order valence-electron chi connectivity index (χ1n) is 5.22. The lowest BCUT2D eigenvalue weighted by Gasteiger charge is -2.05. The number of aromatic amines is 1. The standard InChI is InChI=1S/C11H6ClN5O3/c12-8-3-1-2-7(9(8)17(19)20)11(18)15-10-6(4-13)5-14-16-10/h1-3,5H,(H2,14,15,16,18). The molecular weight excluding hydrogens is 286 g/mol. The molecule has 8 nitrogen and oxygen atoms in total. The molecule has 2 rings (SSSR count). The van der Waals surface area contributed by atoms with Gasteiger partial charge in [0.15, 0.2) is 0 Å². The monoisotopic (exact) mass is 291 g/mol. The molecule has 20 heavy (non-hydrogen) atoms. The third kappa shape index (κ3) is 2.43. The van der Waals surface area contributed by atoms with Crippen LogP contribution >= 0.6 is 11.6 Å². The van der Waals surface area contributed by atoms with Gasteiger partial charge in [-0.1, -0.05) is 17.7 Å². The number of hydrogen-bond donors (Lipinski definition) is 2. The van der Waals surface area contributed by atoms with Crippen molar-refractivity contribution in [2.45, 2.75) is 0 Å². The summed E-state index contributed by atoms with van der Waals surface area (Å²) in [5, 5.41) is 27.9. The highest BCUT2D eigenvalue weighted by atomic mass is 35.5. The van der Waals surface area contributed by atoms with Gasteiger partial charge in [-0.15, -0.1) is 0 Å². The Morgan fingerprint density at radius 2 is 2.30 bits per heavy atom. The number of amides is 1. The Labute approximate surface area is 117 Å². The predicted octanol–water partition coefficient (Wildman–Crippen LogP) is 2.10. The summed E-state index contributed by atoms with van der Waals surface area (Å²) in [6.45, 7) is 0. The maximum Gasteiger partial charge on any atom is 0.300 e. The number of halogens is 1. The number of nitro benzene ring substituents is 1. The van der Waals surface area contributed by atoms with Crippen molar-refractivity contribution in [2.75, 3.05) is 5.32 Å². The van der Waals surface area contributed by atoms with Crippen molar-refractivity contribution >= 4 is 29.0 Å². The van der Waals surface area contributed by atoms with Gasteiger partial charge in [0.1, 0.15) is 28.0 Å². The van der Waals surface area contributed by atoms with E-state index < -0.39 is 16.5 Å². The molecule has 1 heterocycles. The van der Waals surface area contributed by atoms with Crippen molar-refractivity contribution in [3.63, 3.8) is 0 Å². The summed E-state index contributed by atoms with van der Waals surface area (Å²) >= 11 is 5.71. The van der Waals surface area contributed by atoms with Crippen LogP contribution in [-0.2, 0) is 0 Å². The number of benzene rings is 1. The number of carbonyl (C=O) groups excluding carboxylic acids is 1. The number of carbonyl (C=O) groups is 1. The normalized spacial score (nSPS) is 9.80. The topological polar surface area (TPSA) is 125 Å². The van der Waals surface area contributed by atoms with Gasteiger partial charge >= 0.3 is 5.69 Å². The minimum atomic E-state index is -0.764. The van der Waals surface area contributed by atoms with E-state index in [0.717, 1.165) is 0 Å². The van der Waals surface area contributed by atoms with E-state index in [1.165, 1.54) is 24.4 Å². The molecule has 2 N–H and O–H groups in total. The van der Waals surface area contributed by atoms with Gasteiger partial charge in [-0.25, -0.2) is 0 Å². The number of para-hydroxylation sites is 1. The maximum absolute atomic E-state index is 12.0. The van der Waals surface area contributed by atoms with Crippen molar-refractivity contribution in [3.05, 3.63) is 50.7 Å². The van der Waals surface area contributed by atoms with Gasteiger partial charge in [-0.3, -0.25) is 20.0 Å². The number of hydrogen-bond acceptors (Lipinski definition) is 5. The van der Waals surface area contributed by atoms with Crippen LogP contribution < -0.4 is 5.32 Å². The fourth-order valence-corrected chi connectivity index (χ4v) is 1.77. The van der Waals surface area contributed by atoms with Gasteiger partial charge in [0.05, 0.1) is 11.1 Å². The largest absolute Gasteiger partial charge is 0.306 e. The Morgan fingerprint density at radius 3 is 2.95 bits per heavy atom. The van der Waals surface area contributed by atoms with Gasteiger partial charge in [-0.2, -0.15) is 10.4 Å². The molecule has 0 saturated carbocycles. The lowest BCUT2D eigenvalue weighted by molar-refractivity contribution is -0.385. The van der Waals surface area contributed by atoms with E-state index in [-0.39, 0.29) is 22.0 Å². The highest BCUT2D eigenvalue weighted by Gasteiger charge is 2.24. The van der Waals surface area contributed by atoms with Crippen LogP contribution in [0.3, 0.4) is 0 Å². The average molecular weight is 292 g/mol. The van der Waals surface area contributed by atoms with Crippen LogP contribution in [0.25, 0.3) is 0 Å². The molecule has 0 aliphatic rings. The number of H-pyrrole nitrogens is 1. The zero-order valence-electron chi connectivity index (χ0n) is 9.75. The van der Waals surface area contributed by atoms with E-state index in [9.17, 15) is 14.9 Å². The molecule has 0 aliphatic heterocycles. The van der Waals surface area contributed by atoms with E-state index >= 15 is 0 Å². The van der Waals surface area contributed by atoms with Crippen molar-refractivity contribution in [1.82, 2.24) is 10.2 Å². The molecule has 0 fully saturated rings. The van der Waals surface area contributed by atoms with E-state index in [0.29, 0.717) is 0 Å². The maximum atomic E-state index is 12.0. The van der Waals surface area contributed by atoms with Crippen LogP contribution in [0.15, 0.2) is 24.4 Å². The molecule has 0 radical (unpaired) electrons. The first-order chi connectivity index (χ1) is 9.54. The van der Waals surface area contributed by atoms with Crippen LogP contribution in [0.4, 0.5) is 11.5 Å². The van der Waals surface area contributed by atoms with E-state index in [4.69, 9.17) is 16.9 Å². The zero-order chi connectivity index (χ0) is 14.7. The Balaban J connectivity index is 2.38. The highest BCUT2D eigenvalue weighted by Crippen LogP contribution is 2.28. The number of rotatable bonds is 3. The molecule has 2 aromatic rings. The molecule has 0 aliphatic carbocycles. The van der Waals surface area contributed by atoms with Crippen molar-refractivity contribution < 1.29 is 9.72 Å². The van der Waals surface area contributed by atoms with Crippen LogP contribution in [-0.4, -0.2) is 21.0 Å². The number of nitriles is 1. The molecule has 1 aromatic carbocycles. The second kappa shape index (κ2) is 5.38. The smallest absolute Gasteiger partial charge is 0.300 e. The molecule has 1 amide bonds. The van der Waals surface area contributed by atoms with Gasteiger partial charge in [0.2, 0.25) is 0 Å². The summed E-state index contributed by atoms with van der Waals surface area (Å²) in [7, 11) is 0. The minimum absolute atomic E-state index is 0.0618.